The molecule has 0 aliphatic heterocycles. The normalized spacial score (nSPS) is 12.0. The fraction of sp³-hybridized carbons (Fsp3) is 0.350. The molecule has 1 aromatic carbocycles. The number of carbonyl (C=O) groups is 2. The number of aromatic nitrogens is 5. The number of nitrogens with one attached hydrogen (secondary N) is 1. The first-order chi connectivity index (χ1) is 13.8. The third-order valence-corrected chi connectivity index (χ3v) is 5.55. The van der Waals surface area contributed by atoms with Gasteiger partial charge in [0.05, 0.1) is 17.6 Å². The third kappa shape index (κ3) is 4.09. The lowest BCUT2D eigenvalue weighted by atomic mass is 10.0. The first kappa shape index (κ1) is 20.8. The lowest BCUT2D eigenvalue weighted by Gasteiger charge is -2.12. The van der Waals surface area contributed by atoms with Gasteiger partial charge in [0.2, 0.25) is 5.16 Å². The number of rotatable bonds is 8. The molecule has 1 atom stereocenters. The van der Waals surface area contributed by atoms with E-state index in [4.69, 9.17) is 4.74 Å². The Balaban J connectivity index is 1.88. The van der Waals surface area contributed by atoms with E-state index in [1.807, 2.05) is 31.2 Å². The summed E-state index contributed by atoms with van der Waals surface area (Å²) in [4.78, 5) is 28.0. The number of benzene rings is 1. The second kappa shape index (κ2) is 8.60. The molecule has 2 heterocycles. The van der Waals surface area contributed by atoms with E-state index in [2.05, 4.69) is 20.5 Å². The summed E-state index contributed by atoms with van der Waals surface area (Å²) in [5.74, 6) is 0.480. The number of hydrogen-bond donors (Lipinski definition) is 1. The van der Waals surface area contributed by atoms with Crippen molar-refractivity contribution in [3.05, 3.63) is 46.8 Å². The molecule has 1 N–H and O–H groups in total. The van der Waals surface area contributed by atoms with E-state index in [9.17, 15) is 9.59 Å². The van der Waals surface area contributed by atoms with Crippen LogP contribution >= 0.6 is 11.8 Å². The van der Waals surface area contributed by atoms with Gasteiger partial charge in [-0.3, -0.25) is 9.59 Å². The van der Waals surface area contributed by atoms with Crippen molar-refractivity contribution in [3.8, 4) is 11.4 Å². The van der Waals surface area contributed by atoms with Gasteiger partial charge >= 0.3 is 0 Å². The highest BCUT2D eigenvalue weighted by atomic mass is 32.2. The number of aromatic amines is 1. The molecule has 0 saturated heterocycles. The summed E-state index contributed by atoms with van der Waals surface area (Å²) in [5, 5.41) is 11.9. The molecule has 3 rings (SSSR count). The molecule has 0 radical (unpaired) electrons. The second-order valence-electron chi connectivity index (χ2n) is 6.58. The fourth-order valence-corrected chi connectivity index (χ4v) is 4.11. The summed E-state index contributed by atoms with van der Waals surface area (Å²) in [5.41, 5.74) is 3.09. The molecular formula is C20H23N5O3S. The van der Waals surface area contributed by atoms with Crippen LogP contribution in [-0.2, 0) is 0 Å². The van der Waals surface area contributed by atoms with Crippen LogP contribution < -0.4 is 4.74 Å². The summed E-state index contributed by atoms with van der Waals surface area (Å²) in [6.45, 7) is 9.29. The van der Waals surface area contributed by atoms with E-state index in [1.165, 1.54) is 18.7 Å². The third-order valence-electron chi connectivity index (χ3n) is 4.52. The largest absolute Gasteiger partial charge is 0.492 e. The molecule has 2 aromatic heterocycles. The molecule has 0 aliphatic rings. The number of thioether (sulfide) groups is 1. The van der Waals surface area contributed by atoms with Crippen LogP contribution in [0, 0.1) is 13.8 Å². The molecule has 0 bridgehead atoms. The Morgan fingerprint density at radius 1 is 1.28 bits per heavy atom. The molecule has 0 saturated carbocycles. The van der Waals surface area contributed by atoms with Crippen LogP contribution in [0.2, 0.25) is 0 Å². The molecule has 152 valence electrons. The van der Waals surface area contributed by atoms with Crippen LogP contribution in [-0.4, -0.2) is 48.6 Å². The van der Waals surface area contributed by atoms with Crippen molar-refractivity contribution >= 4 is 23.3 Å². The molecule has 0 aliphatic carbocycles. The fourth-order valence-electron chi connectivity index (χ4n) is 3.25. The van der Waals surface area contributed by atoms with E-state index < -0.39 is 5.25 Å². The van der Waals surface area contributed by atoms with Gasteiger partial charge in [0.1, 0.15) is 11.4 Å². The van der Waals surface area contributed by atoms with Gasteiger partial charge in [-0.15, -0.1) is 5.10 Å². The van der Waals surface area contributed by atoms with Gasteiger partial charge in [0.15, 0.2) is 11.6 Å². The van der Waals surface area contributed by atoms with Gasteiger partial charge in [-0.05, 0) is 62.7 Å². The molecule has 9 heteroatoms. The lowest BCUT2D eigenvalue weighted by Crippen LogP contribution is -2.16. The highest BCUT2D eigenvalue weighted by Crippen LogP contribution is 2.30. The minimum Gasteiger partial charge on any atom is -0.492 e. The Morgan fingerprint density at radius 2 is 2.00 bits per heavy atom. The predicted octanol–water partition coefficient (Wildman–Crippen LogP) is 3.57. The Bertz CT molecular complexity index is 1060. The zero-order valence-electron chi connectivity index (χ0n) is 17.0. The van der Waals surface area contributed by atoms with Gasteiger partial charge in [0.25, 0.3) is 0 Å². The topological polar surface area (TPSA) is 103 Å². The van der Waals surface area contributed by atoms with Crippen LogP contribution in [0.25, 0.3) is 5.69 Å². The molecule has 0 amide bonds. The van der Waals surface area contributed by atoms with Crippen molar-refractivity contribution in [2.75, 3.05) is 6.61 Å². The second-order valence-corrected chi connectivity index (χ2v) is 7.89. The highest BCUT2D eigenvalue weighted by molar-refractivity contribution is 8.00. The maximum Gasteiger partial charge on any atom is 0.214 e. The van der Waals surface area contributed by atoms with Crippen LogP contribution in [0.5, 0.6) is 5.75 Å². The molecule has 8 nitrogen and oxygen atoms in total. The van der Waals surface area contributed by atoms with Crippen molar-refractivity contribution in [1.82, 2.24) is 25.2 Å². The number of carbonyl (C=O) groups excluding carboxylic acids is 2. The lowest BCUT2D eigenvalue weighted by molar-refractivity contribution is 0.0988. The standard InChI is InChI=1S/C20H23N5O3S/c1-6-28-16-10-8-7-9-15(16)25-20(22-23-24-25)29-14(5)19(27)18-11(2)17(13(4)26)12(3)21-18/h7-10,14,21H,6H2,1-5H3. The van der Waals surface area contributed by atoms with E-state index >= 15 is 0 Å². The van der Waals surface area contributed by atoms with Crippen molar-refractivity contribution in [2.45, 2.75) is 45.0 Å². The monoisotopic (exact) mass is 413 g/mol. The Labute approximate surface area is 173 Å². The maximum absolute atomic E-state index is 13.0. The molecule has 1 unspecified atom stereocenters. The van der Waals surface area contributed by atoms with Crippen molar-refractivity contribution in [2.24, 2.45) is 0 Å². The number of tetrazole rings is 1. The maximum atomic E-state index is 13.0. The van der Waals surface area contributed by atoms with Crippen molar-refractivity contribution < 1.29 is 14.3 Å². The number of aryl methyl sites for hydroxylation is 1. The minimum absolute atomic E-state index is 0.0629. The summed E-state index contributed by atoms with van der Waals surface area (Å²) >= 11 is 1.25. The van der Waals surface area contributed by atoms with Gasteiger partial charge in [0, 0.05) is 11.3 Å². The number of para-hydroxylation sites is 2. The average molecular weight is 414 g/mol. The Kier molecular flexibility index (Phi) is 6.17. The quantitative estimate of drug-likeness (QED) is 0.445. The van der Waals surface area contributed by atoms with E-state index in [-0.39, 0.29) is 11.6 Å². The van der Waals surface area contributed by atoms with Crippen LogP contribution in [0.3, 0.4) is 0 Å². The van der Waals surface area contributed by atoms with Crippen LogP contribution in [0.4, 0.5) is 0 Å². The van der Waals surface area contributed by atoms with Gasteiger partial charge in [-0.25, -0.2) is 0 Å². The van der Waals surface area contributed by atoms with E-state index in [1.54, 1.807) is 25.5 Å². The zero-order chi connectivity index (χ0) is 21.1. The summed E-state index contributed by atoms with van der Waals surface area (Å²) in [6.07, 6.45) is 0. The van der Waals surface area contributed by atoms with Crippen LogP contribution in [0.15, 0.2) is 29.4 Å². The average Bonchev–Trinajstić information content (AvgIpc) is 3.25. The number of ketones is 2. The van der Waals surface area contributed by atoms with Crippen LogP contribution in [0.1, 0.15) is 52.9 Å². The number of ether oxygens (including phenoxy) is 1. The Morgan fingerprint density at radius 3 is 2.66 bits per heavy atom. The molecule has 3 aromatic rings. The molecular weight excluding hydrogens is 390 g/mol. The zero-order valence-corrected chi connectivity index (χ0v) is 17.8. The van der Waals surface area contributed by atoms with E-state index in [0.29, 0.717) is 45.7 Å². The number of H-pyrrole nitrogens is 1. The number of hydrogen-bond acceptors (Lipinski definition) is 7. The number of Topliss-reactive ketones (excluding diaryl/α,β-unsaturated/α-hetero) is 2. The van der Waals surface area contributed by atoms with Gasteiger partial charge in [-0.1, -0.05) is 23.9 Å². The number of nitrogens with zero attached hydrogens (tertiary/aromatic N) is 4. The van der Waals surface area contributed by atoms with Gasteiger partial charge in [-0.2, -0.15) is 4.68 Å². The SMILES string of the molecule is CCOc1ccccc1-n1nnnc1SC(C)C(=O)c1[nH]c(C)c(C(C)=O)c1C. The summed E-state index contributed by atoms with van der Waals surface area (Å²) in [7, 11) is 0. The Hall–Kier alpha value is -2.94. The smallest absolute Gasteiger partial charge is 0.214 e. The highest BCUT2D eigenvalue weighted by Gasteiger charge is 2.26. The first-order valence-electron chi connectivity index (χ1n) is 9.26. The van der Waals surface area contributed by atoms with E-state index in [0.717, 1.165) is 0 Å². The van der Waals surface area contributed by atoms with Crippen molar-refractivity contribution in [3.63, 3.8) is 0 Å². The van der Waals surface area contributed by atoms with Crippen molar-refractivity contribution in [1.29, 1.82) is 0 Å². The molecule has 0 fully saturated rings. The molecule has 0 spiro atoms. The molecule has 29 heavy (non-hydrogen) atoms. The minimum atomic E-state index is -0.462. The summed E-state index contributed by atoms with van der Waals surface area (Å²) in [6, 6.07) is 7.45. The van der Waals surface area contributed by atoms with Gasteiger partial charge < -0.3 is 9.72 Å². The summed E-state index contributed by atoms with van der Waals surface area (Å²) < 4.78 is 7.22. The predicted molar refractivity (Wildman–Crippen MR) is 110 cm³/mol. The first-order valence-corrected chi connectivity index (χ1v) is 10.1.